The Kier molecular flexibility index (Phi) is 6.63. The molecule has 2 N–H and O–H groups in total. The first-order valence-corrected chi connectivity index (χ1v) is 9.53. The molecule has 2 amide bonds. The zero-order valence-corrected chi connectivity index (χ0v) is 16.6. The van der Waals surface area contributed by atoms with E-state index in [2.05, 4.69) is 10.6 Å². The monoisotopic (exact) mass is 388 g/mol. The molecule has 0 aliphatic carbocycles. The fraction of sp³-hybridized carbons (Fsp3) is 0.167. The van der Waals surface area contributed by atoms with Crippen molar-refractivity contribution in [2.45, 2.75) is 20.4 Å². The van der Waals surface area contributed by atoms with Gasteiger partial charge in [-0.25, -0.2) is 0 Å². The van der Waals surface area contributed by atoms with E-state index in [1.165, 1.54) is 5.56 Å². The molecule has 0 fully saturated rings. The van der Waals surface area contributed by atoms with E-state index in [1.807, 2.05) is 38.1 Å². The number of ether oxygens (including phenoxy) is 1. The smallest absolute Gasteiger partial charge is 0.255 e. The molecule has 3 aromatic carbocycles. The number of rotatable bonds is 7. The standard InChI is InChI=1S/C24H24N2O3/c1-3-29-22-13-11-21(12-14-22)26-24(28)20-6-4-5-19(15-20)23(27)25-16-18-9-7-17(2)8-10-18/h4-15H,3,16H2,1-2H3,(H,25,27)(H,26,28). The number of benzene rings is 3. The summed E-state index contributed by atoms with van der Waals surface area (Å²) in [5.41, 5.74) is 3.71. The van der Waals surface area contributed by atoms with E-state index in [1.54, 1.807) is 48.5 Å². The number of nitrogens with one attached hydrogen (secondary N) is 2. The molecule has 0 heterocycles. The Bertz CT molecular complexity index is 980. The normalized spacial score (nSPS) is 10.3. The highest BCUT2D eigenvalue weighted by Crippen LogP contribution is 2.17. The predicted molar refractivity (Wildman–Crippen MR) is 114 cm³/mol. The summed E-state index contributed by atoms with van der Waals surface area (Å²) in [6.45, 7) is 4.96. The Morgan fingerprint density at radius 2 is 1.52 bits per heavy atom. The van der Waals surface area contributed by atoms with Gasteiger partial charge in [-0.1, -0.05) is 35.9 Å². The van der Waals surface area contributed by atoms with Gasteiger partial charge in [0.15, 0.2) is 0 Å². The maximum absolute atomic E-state index is 12.5. The van der Waals surface area contributed by atoms with Gasteiger partial charge in [0.2, 0.25) is 0 Å². The van der Waals surface area contributed by atoms with Crippen LogP contribution in [0.2, 0.25) is 0 Å². The molecule has 3 rings (SSSR count). The van der Waals surface area contributed by atoms with Gasteiger partial charge in [-0.05, 0) is 61.9 Å². The molecule has 29 heavy (non-hydrogen) atoms. The van der Waals surface area contributed by atoms with Crippen molar-refractivity contribution < 1.29 is 14.3 Å². The minimum atomic E-state index is -0.276. The summed E-state index contributed by atoms with van der Waals surface area (Å²) in [4.78, 5) is 25.0. The molecule has 0 aliphatic heterocycles. The summed E-state index contributed by atoms with van der Waals surface area (Å²) in [7, 11) is 0. The van der Waals surface area contributed by atoms with Crippen LogP contribution in [0.1, 0.15) is 38.8 Å². The van der Waals surface area contributed by atoms with Crippen molar-refractivity contribution in [2.75, 3.05) is 11.9 Å². The summed E-state index contributed by atoms with van der Waals surface area (Å²) in [6.07, 6.45) is 0. The molecule has 0 radical (unpaired) electrons. The first kappa shape index (κ1) is 20.1. The molecular formula is C24H24N2O3. The molecular weight excluding hydrogens is 364 g/mol. The Morgan fingerprint density at radius 1 is 0.862 bits per heavy atom. The highest BCUT2D eigenvalue weighted by Gasteiger charge is 2.11. The average Bonchev–Trinajstić information content (AvgIpc) is 2.75. The second-order valence-electron chi connectivity index (χ2n) is 6.66. The van der Waals surface area contributed by atoms with Crippen molar-refractivity contribution in [2.24, 2.45) is 0 Å². The third-order valence-corrected chi connectivity index (χ3v) is 4.38. The second-order valence-corrected chi connectivity index (χ2v) is 6.66. The van der Waals surface area contributed by atoms with Gasteiger partial charge in [-0.2, -0.15) is 0 Å². The van der Waals surface area contributed by atoms with Crippen LogP contribution >= 0.6 is 0 Å². The minimum Gasteiger partial charge on any atom is -0.494 e. The first-order chi connectivity index (χ1) is 14.0. The fourth-order valence-corrected chi connectivity index (χ4v) is 2.80. The van der Waals surface area contributed by atoms with Gasteiger partial charge in [0.1, 0.15) is 5.75 Å². The van der Waals surface area contributed by atoms with Crippen LogP contribution in [-0.2, 0) is 6.54 Å². The highest BCUT2D eigenvalue weighted by molar-refractivity contribution is 6.06. The molecule has 0 spiro atoms. The Hall–Kier alpha value is -3.60. The summed E-state index contributed by atoms with van der Waals surface area (Å²) >= 11 is 0. The maximum atomic E-state index is 12.5. The summed E-state index contributed by atoms with van der Waals surface area (Å²) < 4.78 is 5.40. The second kappa shape index (κ2) is 9.55. The van der Waals surface area contributed by atoms with Gasteiger partial charge in [-0.15, -0.1) is 0 Å². The number of amides is 2. The van der Waals surface area contributed by atoms with E-state index >= 15 is 0 Å². The molecule has 0 saturated carbocycles. The number of hydrogen-bond donors (Lipinski definition) is 2. The summed E-state index contributed by atoms with van der Waals surface area (Å²) in [5, 5.41) is 5.71. The van der Waals surface area contributed by atoms with Crippen LogP contribution < -0.4 is 15.4 Å². The van der Waals surface area contributed by atoms with Crippen LogP contribution in [0.15, 0.2) is 72.8 Å². The van der Waals surface area contributed by atoms with Gasteiger partial charge in [0.25, 0.3) is 11.8 Å². The molecule has 0 unspecified atom stereocenters. The number of aryl methyl sites for hydroxylation is 1. The maximum Gasteiger partial charge on any atom is 0.255 e. The molecule has 0 bridgehead atoms. The molecule has 0 saturated heterocycles. The Labute approximate surface area is 170 Å². The number of anilines is 1. The van der Waals surface area contributed by atoms with Crippen LogP contribution in [0.3, 0.4) is 0 Å². The largest absolute Gasteiger partial charge is 0.494 e. The van der Waals surface area contributed by atoms with E-state index in [0.717, 1.165) is 11.3 Å². The SMILES string of the molecule is CCOc1ccc(NC(=O)c2cccc(C(=O)NCc3ccc(C)cc3)c2)cc1. The molecule has 5 nitrogen and oxygen atoms in total. The van der Waals surface area contributed by atoms with Gasteiger partial charge >= 0.3 is 0 Å². The van der Waals surface area contributed by atoms with Gasteiger partial charge in [0, 0.05) is 23.4 Å². The van der Waals surface area contributed by atoms with Gasteiger partial charge in [0.05, 0.1) is 6.61 Å². The van der Waals surface area contributed by atoms with E-state index < -0.39 is 0 Å². The van der Waals surface area contributed by atoms with Crippen molar-refractivity contribution in [1.82, 2.24) is 5.32 Å². The number of hydrogen-bond acceptors (Lipinski definition) is 3. The number of carbonyl (C=O) groups excluding carboxylic acids is 2. The predicted octanol–water partition coefficient (Wildman–Crippen LogP) is 4.58. The van der Waals surface area contributed by atoms with Crippen molar-refractivity contribution in [3.05, 3.63) is 95.1 Å². The van der Waals surface area contributed by atoms with Crippen molar-refractivity contribution in [3.8, 4) is 5.75 Å². The van der Waals surface area contributed by atoms with Crippen LogP contribution in [0.25, 0.3) is 0 Å². The minimum absolute atomic E-state index is 0.221. The molecule has 5 heteroatoms. The van der Waals surface area contributed by atoms with Crippen molar-refractivity contribution in [3.63, 3.8) is 0 Å². The van der Waals surface area contributed by atoms with E-state index in [4.69, 9.17) is 4.74 Å². The lowest BCUT2D eigenvalue weighted by Gasteiger charge is -2.09. The molecule has 0 aliphatic rings. The lowest BCUT2D eigenvalue weighted by atomic mass is 10.1. The molecule has 3 aromatic rings. The lowest BCUT2D eigenvalue weighted by Crippen LogP contribution is -2.23. The van der Waals surface area contributed by atoms with Crippen molar-refractivity contribution in [1.29, 1.82) is 0 Å². The van der Waals surface area contributed by atoms with Crippen LogP contribution in [-0.4, -0.2) is 18.4 Å². The van der Waals surface area contributed by atoms with Crippen LogP contribution in [0.4, 0.5) is 5.69 Å². The topological polar surface area (TPSA) is 67.4 Å². The molecule has 0 aromatic heterocycles. The zero-order valence-electron chi connectivity index (χ0n) is 16.6. The van der Waals surface area contributed by atoms with Gasteiger partial charge in [-0.3, -0.25) is 9.59 Å². The first-order valence-electron chi connectivity index (χ1n) is 9.53. The number of carbonyl (C=O) groups is 2. The average molecular weight is 388 g/mol. The molecule has 148 valence electrons. The van der Waals surface area contributed by atoms with E-state index in [-0.39, 0.29) is 11.8 Å². The third-order valence-electron chi connectivity index (χ3n) is 4.38. The van der Waals surface area contributed by atoms with E-state index in [9.17, 15) is 9.59 Å². The zero-order chi connectivity index (χ0) is 20.6. The molecule has 0 atom stereocenters. The summed E-state index contributed by atoms with van der Waals surface area (Å²) in [6, 6.07) is 21.8. The van der Waals surface area contributed by atoms with Gasteiger partial charge < -0.3 is 15.4 Å². The quantitative estimate of drug-likeness (QED) is 0.623. The third kappa shape index (κ3) is 5.69. The summed E-state index contributed by atoms with van der Waals surface area (Å²) in [5.74, 6) is 0.251. The fourth-order valence-electron chi connectivity index (χ4n) is 2.80. The van der Waals surface area contributed by atoms with Crippen LogP contribution in [0, 0.1) is 6.92 Å². The lowest BCUT2D eigenvalue weighted by molar-refractivity contribution is 0.0951. The highest BCUT2D eigenvalue weighted by atomic mass is 16.5. The van der Waals surface area contributed by atoms with Crippen molar-refractivity contribution >= 4 is 17.5 Å². The Morgan fingerprint density at radius 3 is 2.17 bits per heavy atom. The van der Waals surface area contributed by atoms with E-state index in [0.29, 0.717) is 30.0 Å². The van der Waals surface area contributed by atoms with Crippen LogP contribution in [0.5, 0.6) is 5.75 Å². The Balaban J connectivity index is 1.62.